The molecule has 90 valence electrons. The van der Waals surface area contributed by atoms with E-state index in [1.165, 1.54) is 0 Å². The lowest BCUT2D eigenvalue weighted by atomic mass is 10.1. The van der Waals surface area contributed by atoms with Gasteiger partial charge < -0.3 is 10.5 Å². The Hall–Kier alpha value is -2.03. The van der Waals surface area contributed by atoms with Crippen molar-refractivity contribution in [2.45, 2.75) is 20.5 Å². The Kier molecular flexibility index (Phi) is 4.52. The first kappa shape index (κ1) is 13.0. The van der Waals surface area contributed by atoms with Crippen LogP contribution in [0.15, 0.2) is 48.7 Å². The van der Waals surface area contributed by atoms with Gasteiger partial charge in [0, 0.05) is 6.20 Å². The molecule has 2 N–H and O–H groups in total. The molecule has 0 bridgehead atoms. The SMILES string of the molecule is C.CC(Oc1cccnc1N)c1ccccc1. The molecule has 17 heavy (non-hydrogen) atoms. The summed E-state index contributed by atoms with van der Waals surface area (Å²) in [6, 6.07) is 13.6. The van der Waals surface area contributed by atoms with Crippen molar-refractivity contribution in [3.63, 3.8) is 0 Å². The predicted molar refractivity (Wildman–Crippen MR) is 70.9 cm³/mol. The topological polar surface area (TPSA) is 48.1 Å². The van der Waals surface area contributed by atoms with Crippen molar-refractivity contribution in [3.8, 4) is 5.75 Å². The minimum absolute atomic E-state index is 0. The molecule has 0 saturated carbocycles. The summed E-state index contributed by atoms with van der Waals surface area (Å²) in [5.41, 5.74) is 6.83. The van der Waals surface area contributed by atoms with E-state index in [0.717, 1.165) is 5.56 Å². The summed E-state index contributed by atoms with van der Waals surface area (Å²) < 4.78 is 5.74. The molecule has 3 heteroatoms. The summed E-state index contributed by atoms with van der Waals surface area (Å²) in [6.45, 7) is 1.99. The number of nitrogens with two attached hydrogens (primary N) is 1. The van der Waals surface area contributed by atoms with Gasteiger partial charge in [0.05, 0.1) is 0 Å². The molecule has 0 spiro atoms. The van der Waals surface area contributed by atoms with Crippen LogP contribution in [0.3, 0.4) is 0 Å². The Bertz CT molecular complexity index is 457. The molecule has 0 aliphatic rings. The lowest BCUT2D eigenvalue weighted by Crippen LogP contribution is -2.05. The second kappa shape index (κ2) is 5.89. The number of aromatic nitrogens is 1. The van der Waals surface area contributed by atoms with Crippen molar-refractivity contribution in [2.75, 3.05) is 5.73 Å². The molecule has 1 aromatic heterocycles. The van der Waals surface area contributed by atoms with E-state index >= 15 is 0 Å². The standard InChI is InChI=1S/C13H14N2O.CH4/c1-10(11-6-3-2-4-7-11)16-12-8-5-9-15-13(12)14;/h2-10H,1H3,(H2,14,15);1H4. The van der Waals surface area contributed by atoms with Gasteiger partial charge >= 0.3 is 0 Å². The molecule has 1 heterocycles. The van der Waals surface area contributed by atoms with Gasteiger partial charge in [-0.2, -0.15) is 0 Å². The Balaban J connectivity index is 0.00000144. The Morgan fingerprint density at radius 2 is 1.82 bits per heavy atom. The van der Waals surface area contributed by atoms with Crippen molar-refractivity contribution in [1.82, 2.24) is 4.98 Å². The van der Waals surface area contributed by atoms with E-state index in [1.807, 2.05) is 49.4 Å². The predicted octanol–water partition coefficient (Wildman–Crippen LogP) is 3.44. The summed E-state index contributed by atoms with van der Waals surface area (Å²) in [6.07, 6.45) is 1.61. The third kappa shape index (κ3) is 3.21. The van der Waals surface area contributed by atoms with Crippen LogP contribution in [0.5, 0.6) is 5.75 Å². The molecule has 3 nitrogen and oxygen atoms in total. The number of nitrogens with zero attached hydrogens (tertiary/aromatic N) is 1. The van der Waals surface area contributed by atoms with Crippen molar-refractivity contribution < 1.29 is 4.74 Å². The summed E-state index contributed by atoms with van der Waals surface area (Å²) in [5.74, 6) is 1.05. The van der Waals surface area contributed by atoms with Crippen LogP contribution in [0.1, 0.15) is 26.0 Å². The fourth-order valence-electron chi connectivity index (χ4n) is 1.48. The van der Waals surface area contributed by atoms with Crippen LogP contribution < -0.4 is 10.5 Å². The Labute approximate surface area is 102 Å². The lowest BCUT2D eigenvalue weighted by molar-refractivity contribution is 0.227. The van der Waals surface area contributed by atoms with Crippen LogP contribution in [-0.4, -0.2) is 4.98 Å². The van der Waals surface area contributed by atoms with E-state index in [-0.39, 0.29) is 13.5 Å². The molecule has 2 rings (SSSR count). The van der Waals surface area contributed by atoms with Gasteiger partial charge in [0.2, 0.25) is 0 Å². The fourth-order valence-corrected chi connectivity index (χ4v) is 1.48. The monoisotopic (exact) mass is 230 g/mol. The van der Waals surface area contributed by atoms with E-state index in [9.17, 15) is 0 Å². The van der Waals surface area contributed by atoms with Crippen LogP contribution in [0.25, 0.3) is 0 Å². The van der Waals surface area contributed by atoms with E-state index in [4.69, 9.17) is 10.5 Å². The van der Waals surface area contributed by atoms with Gasteiger partial charge in [0.15, 0.2) is 11.6 Å². The molecular weight excluding hydrogens is 212 g/mol. The fraction of sp³-hybridized carbons (Fsp3) is 0.214. The number of rotatable bonds is 3. The van der Waals surface area contributed by atoms with E-state index < -0.39 is 0 Å². The summed E-state index contributed by atoms with van der Waals surface area (Å²) in [4.78, 5) is 3.98. The highest BCUT2D eigenvalue weighted by Gasteiger charge is 2.08. The normalized spacial score (nSPS) is 11.4. The zero-order valence-corrected chi connectivity index (χ0v) is 9.13. The number of pyridine rings is 1. The Morgan fingerprint density at radius 1 is 1.12 bits per heavy atom. The van der Waals surface area contributed by atoms with Crippen LogP contribution >= 0.6 is 0 Å². The van der Waals surface area contributed by atoms with Gasteiger partial charge in [-0.15, -0.1) is 0 Å². The summed E-state index contributed by atoms with van der Waals surface area (Å²) in [5, 5.41) is 0. The van der Waals surface area contributed by atoms with Crippen molar-refractivity contribution in [2.24, 2.45) is 0 Å². The second-order valence-corrected chi connectivity index (χ2v) is 3.56. The van der Waals surface area contributed by atoms with Gasteiger partial charge in [0.1, 0.15) is 6.10 Å². The first-order valence-electron chi connectivity index (χ1n) is 5.19. The van der Waals surface area contributed by atoms with E-state index in [0.29, 0.717) is 11.6 Å². The van der Waals surface area contributed by atoms with E-state index in [1.54, 1.807) is 6.20 Å². The number of benzene rings is 1. The third-order valence-electron chi connectivity index (χ3n) is 2.37. The van der Waals surface area contributed by atoms with Crippen LogP contribution in [-0.2, 0) is 0 Å². The van der Waals surface area contributed by atoms with Gasteiger partial charge in [0.25, 0.3) is 0 Å². The van der Waals surface area contributed by atoms with Crippen LogP contribution in [0.2, 0.25) is 0 Å². The molecule has 0 aliphatic heterocycles. The number of nitrogen functional groups attached to an aromatic ring is 1. The number of ether oxygens (including phenoxy) is 1. The maximum absolute atomic E-state index is 5.74. The number of anilines is 1. The van der Waals surface area contributed by atoms with Crippen LogP contribution in [0, 0.1) is 0 Å². The largest absolute Gasteiger partial charge is 0.482 e. The lowest BCUT2D eigenvalue weighted by Gasteiger charge is -2.15. The number of hydrogen-bond acceptors (Lipinski definition) is 3. The smallest absolute Gasteiger partial charge is 0.166 e. The van der Waals surface area contributed by atoms with Crippen LogP contribution in [0.4, 0.5) is 5.82 Å². The molecule has 1 aromatic carbocycles. The highest BCUT2D eigenvalue weighted by molar-refractivity contribution is 5.45. The zero-order valence-electron chi connectivity index (χ0n) is 9.13. The van der Waals surface area contributed by atoms with E-state index in [2.05, 4.69) is 4.98 Å². The molecule has 2 aromatic rings. The second-order valence-electron chi connectivity index (χ2n) is 3.56. The highest BCUT2D eigenvalue weighted by Crippen LogP contribution is 2.24. The zero-order chi connectivity index (χ0) is 11.4. The highest BCUT2D eigenvalue weighted by atomic mass is 16.5. The molecule has 0 fully saturated rings. The minimum atomic E-state index is -0.0345. The average Bonchev–Trinajstić information content (AvgIpc) is 2.33. The minimum Gasteiger partial charge on any atom is -0.482 e. The first-order chi connectivity index (χ1) is 7.77. The van der Waals surface area contributed by atoms with Crippen molar-refractivity contribution in [3.05, 3.63) is 54.2 Å². The molecule has 0 amide bonds. The molecule has 0 radical (unpaired) electrons. The van der Waals surface area contributed by atoms with Crippen molar-refractivity contribution in [1.29, 1.82) is 0 Å². The van der Waals surface area contributed by atoms with Gasteiger partial charge in [-0.05, 0) is 24.6 Å². The molecule has 0 saturated heterocycles. The number of hydrogen-bond donors (Lipinski definition) is 1. The summed E-state index contributed by atoms with van der Waals surface area (Å²) in [7, 11) is 0. The third-order valence-corrected chi connectivity index (χ3v) is 2.37. The van der Waals surface area contributed by atoms with Gasteiger partial charge in [-0.1, -0.05) is 37.8 Å². The van der Waals surface area contributed by atoms with Gasteiger partial charge in [-0.3, -0.25) is 0 Å². The molecule has 1 unspecified atom stereocenters. The Morgan fingerprint density at radius 3 is 2.47 bits per heavy atom. The van der Waals surface area contributed by atoms with Gasteiger partial charge in [-0.25, -0.2) is 4.98 Å². The maximum Gasteiger partial charge on any atom is 0.166 e. The molecule has 0 aliphatic carbocycles. The van der Waals surface area contributed by atoms with Crippen molar-refractivity contribution >= 4 is 5.82 Å². The first-order valence-corrected chi connectivity index (χ1v) is 5.19. The summed E-state index contributed by atoms with van der Waals surface area (Å²) >= 11 is 0. The average molecular weight is 230 g/mol. The molecular formula is C14H18N2O. The molecule has 1 atom stereocenters. The maximum atomic E-state index is 5.74. The quantitative estimate of drug-likeness (QED) is 0.878.